The Bertz CT molecular complexity index is 1950. The van der Waals surface area contributed by atoms with Gasteiger partial charge in [0.2, 0.25) is 11.8 Å². The highest BCUT2D eigenvalue weighted by atomic mass is 32.2. The topological polar surface area (TPSA) is 105 Å². The van der Waals surface area contributed by atoms with Gasteiger partial charge in [-0.2, -0.15) is 0 Å². The molecule has 0 saturated carbocycles. The largest absolute Gasteiger partial charge is 0.497 e. The van der Waals surface area contributed by atoms with E-state index >= 15 is 0 Å². The molecule has 0 spiro atoms. The molecule has 0 fully saturated rings. The van der Waals surface area contributed by atoms with E-state index in [0.717, 1.165) is 15.4 Å². The van der Waals surface area contributed by atoms with Crippen molar-refractivity contribution in [3.05, 3.63) is 150 Å². The number of methoxy groups -OCH3 is 1. The van der Waals surface area contributed by atoms with E-state index in [-0.39, 0.29) is 29.5 Å². The van der Waals surface area contributed by atoms with Gasteiger partial charge < -0.3 is 19.7 Å². The molecular formula is C39H39N3O6S. The summed E-state index contributed by atoms with van der Waals surface area (Å²) in [5.74, 6) is 0.770. The summed E-state index contributed by atoms with van der Waals surface area (Å²) in [6, 6.07) is 37.8. The number of ether oxygens (including phenoxy) is 2. The third kappa shape index (κ3) is 8.85. The summed E-state index contributed by atoms with van der Waals surface area (Å²) in [5.41, 5.74) is 2.71. The Balaban J connectivity index is 1.55. The molecule has 0 aliphatic rings. The van der Waals surface area contributed by atoms with Crippen molar-refractivity contribution < 1.29 is 27.5 Å². The van der Waals surface area contributed by atoms with Crippen LogP contribution in [0.15, 0.2) is 138 Å². The minimum atomic E-state index is -4.24. The summed E-state index contributed by atoms with van der Waals surface area (Å²) in [5, 5.41) is 2.70. The summed E-state index contributed by atoms with van der Waals surface area (Å²) >= 11 is 0. The molecule has 0 radical (unpaired) electrons. The average molecular weight is 678 g/mol. The Hall–Kier alpha value is -5.61. The lowest BCUT2D eigenvalue weighted by Gasteiger charge is -2.33. The Morgan fingerprint density at radius 1 is 0.735 bits per heavy atom. The second-order valence-electron chi connectivity index (χ2n) is 11.4. The molecule has 5 aromatic carbocycles. The average Bonchev–Trinajstić information content (AvgIpc) is 3.13. The number of hydrogen-bond donors (Lipinski definition) is 1. The van der Waals surface area contributed by atoms with Crippen molar-refractivity contribution in [2.45, 2.75) is 30.8 Å². The van der Waals surface area contributed by atoms with E-state index in [1.807, 2.05) is 73.7 Å². The number of aryl methyl sites for hydroxylation is 1. The Kier molecular flexibility index (Phi) is 11.3. The highest BCUT2D eigenvalue weighted by Crippen LogP contribution is 2.29. The smallest absolute Gasteiger partial charge is 0.264 e. The number of likely N-dealkylation sites (N-methyl/N-ethyl adjacent to an activating group) is 1. The van der Waals surface area contributed by atoms with Crippen molar-refractivity contribution in [1.82, 2.24) is 10.2 Å². The molecule has 0 bridgehead atoms. The molecule has 9 nitrogen and oxygen atoms in total. The van der Waals surface area contributed by atoms with Crippen LogP contribution in [-0.2, 0) is 32.6 Å². The van der Waals surface area contributed by atoms with Crippen LogP contribution < -0.4 is 19.1 Å². The molecular weight excluding hydrogens is 639 g/mol. The van der Waals surface area contributed by atoms with Gasteiger partial charge in [0.15, 0.2) is 0 Å². The molecule has 5 aromatic rings. The molecule has 252 valence electrons. The van der Waals surface area contributed by atoms with Gasteiger partial charge in [0, 0.05) is 20.0 Å². The minimum absolute atomic E-state index is 0.0296. The molecule has 1 atom stereocenters. The van der Waals surface area contributed by atoms with E-state index in [4.69, 9.17) is 9.47 Å². The van der Waals surface area contributed by atoms with E-state index < -0.39 is 28.5 Å². The molecule has 10 heteroatoms. The van der Waals surface area contributed by atoms with Gasteiger partial charge in [-0.15, -0.1) is 0 Å². The Labute approximate surface area is 287 Å². The van der Waals surface area contributed by atoms with Crippen molar-refractivity contribution in [2.24, 2.45) is 0 Å². The van der Waals surface area contributed by atoms with Crippen LogP contribution in [0.3, 0.4) is 0 Å². The van der Waals surface area contributed by atoms with E-state index in [1.54, 1.807) is 61.7 Å². The number of anilines is 1. The lowest BCUT2D eigenvalue weighted by molar-refractivity contribution is -0.139. The van der Waals surface area contributed by atoms with Crippen LogP contribution in [-0.4, -0.2) is 51.9 Å². The van der Waals surface area contributed by atoms with Gasteiger partial charge in [0.05, 0.1) is 17.7 Å². The molecule has 5 rings (SSSR count). The Morgan fingerprint density at radius 3 is 1.96 bits per heavy atom. The molecule has 0 unspecified atom stereocenters. The van der Waals surface area contributed by atoms with Gasteiger partial charge in [-0.05, 0) is 78.7 Å². The lowest BCUT2D eigenvalue weighted by Crippen LogP contribution is -2.53. The SMILES string of the molecule is CNC(=O)[C@@H](Cc1ccccc1)N(Cc1cccc(OC)c1)C(=O)CN(c1ccc(Oc2ccccc2)cc1)S(=O)(=O)c1ccc(C)cc1. The van der Waals surface area contributed by atoms with Crippen LogP contribution >= 0.6 is 0 Å². The first-order chi connectivity index (χ1) is 23.7. The summed E-state index contributed by atoms with van der Waals surface area (Å²) < 4.78 is 41.0. The fraction of sp³-hybridized carbons (Fsp3) is 0.179. The van der Waals surface area contributed by atoms with Gasteiger partial charge in [0.1, 0.15) is 29.8 Å². The zero-order valence-electron chi connectivity index (χ0n) is 27.7. The van der Waals surface area contributed by atoms with Crippen molar-refractivity contribution in [2.75, 3.05) is 25.0 Å². The van der Waals surface area contributed by atoms with Gasteiger partial charge in [-0.3, -0.25) is 13.9 Å². The van der Waals surface area contributed by atoms with Crippen LogP contribution in [0.2, 0.25) is 0 Å². The Morgan fingerprint density at radius 2 is 1.33 bits per heavy atom. The third-order valence-corrected chi connectivity index (χ3v) is 9.78. The van der Waals surface area contributed by atoms with Gasteiger partial charge in [-0.25, -0.2) is 8.42 Å². The molecule has 0 saturated heterocycles. The predicted octanol–water partition coefficient (Wildman–Crippen LogP) is 6.38. The third-order valence-electron chi connectivity index (χ3n) is 8.00. The van der Waals surface area contributed by atoms with E-state index in [1.165, 1.54) is 24.1 Å². The summed E-state index contributed by atoms with van der Waals surface area (Å²) in [4.78, 5) is 29.5. The number of rotatable bonds is 14. The molecule has 0 aliphatic carbocycles. The highest BCUT2D eigenvalue weighted by molar-refractivity contribution is 7.92. The van der Waals surface area contributed by atoms with Gasteiger partial charge >= 0.3 is 0 Å². The van der Waals surface area contributed by atoms with Crippen molar-refractivity contribution in [3.8, 4) is 17.2 Å². The standard InChI is InChI=1S/C39H39N3O6S/c1-29-17-23-36(24-18-29)49(45,46)42(32-19-21-34(22-20-32)48-33-14-8-5-9-15-33)28-38(43)41(27-31-13-10-16-35(25-31)47-3)37(39(44)40-2)26-30-11-6-4-7-12-30/h4-25,37H,26-28H2,1-3H3,(H,40,44)/t37-/m1/s1. The predicted molar refractivity (Wildman–Crippen MR) is 190 cm³/mol. The normalized spacial score (nSPS) is 11.7. The van der Waals surface area contributed by atoms with E-state index in [9.17, 15) is 18.0 Å². The van der Waals surface area contributed by atoms with E-state index in [0.29, 0.717) is 22.8 Å². The molecule has 0 aromatic heterocycles. The molecule has 0 aliphatic heterocycles. The van der Waals surface area contributed by atoms with Crippen molar-refractivity contribution in [3.63, 3.8) is 0 Å². The number of para-hydroxylation sites is 1. The lowest BCUT2D eigenvalue weighted by atomic mass is 10.0. The zero-order chi connectivity index (χ0) is 34.8. The number of carbonyl (C=O) groups is 2. The maximum absolute atomic E-state index is 14.6. The van der Waals surface area contributed by atoms with Crippen LogP contribution in [0, 0.1) is 6.92 Å². The number of carbonyl (C=O) groups excluding carboxylic acids is 2. The van der Waals surface area contributed by atoms with Crippen LogP contribution in [0.1, 0.15) is 16.7 Å². The summed E-state index contributed by atoms with van der Waals surface area (Å²) in [7, 11) is -1.17. The zero-order valence-corrected chi connectivity index (χ0v) is 28.5. The van der Waals surface area contributed by atoms with Crippen molar-refractivity contribution in [1.29, 1.82) is 0 Å². The molecule has 1 N–H and O–H groups in total. The first kappa shape index (κ1) is 34.7. The quantitative estimate of drug-likeness (QED) is 0.146. The maximum atomic E-state index is 14.6. The van der Waals surface area contributed by atoms with E-state index in [2.05, 4.69) is 5.32 Å². The number of nitrogens with one attached hydrogen (secondary N) is 1. The fourth-order valence-corrected chi connectivity index (χ4v) is 6.77. The summed E-state index contributed by atoms with van der Waals surface area (Å²) in [6.45, 7) is 1.33. The number of amides is 2. The van der Waals surface area contributed by atoms with Crippen LogP contribution in [0.4, 0.5) is 5.69 Å². The number of nitrogens with zero attached hydrogens (tertiary/aromatic N) is 2. The summed E-state index contributed by atoms with van der Waals surface area (Å²) in [6.07, 6.45) is 0.215. The minimum Gasteiger partial charge on any atom is -0.497 e. The first-order valence-electron chi connectivity index (χ1n) is 15.8. The fourth-order valence-electron chi connectivity index (χ4n) is 5.36. The molecule has 0 heterocycles. The number of hydrogen-bond acceptors (Lipinski definition) is 6. The second-order valence-corrected chi connectivity index (χ2v) is 13.3. The molecule has 49 heavy (non-hydrogen) atoms. The number of sulfonamides is 1. The number of benzene rings is 5. The van der Waals surface area contributed by atoms with Crippen LogP contribution in [0.5, 0.6) is 17.2 Å². The first-order valence-corrected chi connectivity index (χ1v) is 17.2. The highest BCUT2D eigenvalue weighted by Gasteiger charge is 2.34. The molecule has 2 amide bonds. The monoisotopic (exact) mass is 677 g/mol. The van der Waals surface area contributed by atoms with Gasteiger partial charge in [0.25, 0.3) is 10.0 Å². The van der Waals surface area contributed by atoms with Gasteiger partial charge in [-0.1, -0.05) is 78.4 Å². The second kappa shape index (κ2) is 16.0. The van der Waals surface area contributed by atoms with Crippen LogP contribution in [0.25, 0.3) is 0 Å². The maximum Gasteiger partial charge on any atom is 0.264 e. The van der Waals surface area contributed by atoms with Crippen molar-refractivity contribution >= 4 is 27.5 Å².